The van der Waals surface area contributed by atoms with E-state index < -0.39 is 10.0 Å². The van der Waals surface area contributed by atoms with Crippen LogP contribution in [0.15, 0.2) is 29.2 Å². The van der Waals surface area contributed by atoms with Crippen molar-refractivity contribution in [2.24, 2.45) is 5.73 Å². The third kappa shape index (κ3) is 6.56. The highest BCUT2D eigenvalue weighted by atomic mass is 32.2. The summed E-state index contributed by atoms with van der Waals surface area (Å²) < 4.78 is 31.3. The van der Waals surface area contributed by atoms with Crippen LogP contribution in [0.25, 0.3) is 0 Å². The van der Waals surface area contributed by atoms with Gasteiger partial charge in [-0.15, -0.1) is 0 Å². The van der Waals surface area contributed by atoms with Crippen LogP contribution in [0.5, 0.6) is 0 Å². The van der Waals surface area contributed by atoms with Crippen molar-refractivity contribution >= 4 is 15.9 Å². The first-order chi connectivity index (χ1) is 11.4. The van der Waals surface area contributed by atoms with Gasteiger partial charge in [-0.2, -0.15) is 0 Å². The van der Waals surface area contributed by atoms with Crippen LogP contribution in [-0.4, -0.2) is 47.2 Å². The van der Waals surface area contributed by atoms with Crippen LogP contribution in [-0.2, 0) is 14.8 Å². The van der Waals surface area contributed by atoms with Crippen LogP contribution in [0, 0.1) is 0 Å². The summed E-state index contributed by atoms with van der Waals surface area (Å²) in [5.74, 6) is -0.252. The van der Waals surface area contributed by atoms with E-state index in [2.05, 4.69) is 17.0 Å². The van der Waals surface area contributed by atoms with E-state index in [1.165, 1.54) is 31.4 Å². The van der Waals surface area contributed by atoms with Gasteiger partial charge in [0.2, 0.25) is 10.0 Å². The van der Waals surface area contributed by atoms with Crippen LogP contribution in [0.1, 0.15) is 36.5 Å². The van der Waals surface area contributed by atoms with E-state index in [0.29, 0.717) is 12.1 Å². The topological polar surface area (TPSA) is 111 Å². The molecule has 1 atom stereocenters. The maximum Gasteiger partial charge on any atom is 0.251 e. The SMILES string of the molecule is CCCCC(CN)NC(=O)c1ccc(S(=O)(=O)NCCOC)cc1. The highest BCUT2D eigenvalue weighted by molar-refractivity contribution is 7.89. The van der Waals surface area contributed by atoms with Gasteiger partial charge in [0.05, 0.1) is 11.5 Å². The molecule has 0 aliphatic rings. The first-order valence-corrected chi connectivity index (χ1v) is 9.52. The number of rotatable bonds is 11. The molecule has 0 radical (unpaired) electrons. The highest BCUT2D eigenvalue weighted by Crippen LogP contribution is 2.11. The van der Waals surface area contributed by atoms with Crippen molar-refractivity contribution in [3.8, 4) is 0 Å². The summed E-state index contributed by atoms with van der Waals surface area (Å²) in [5, 5.41) is 2.87. The standard InChI is InChI=1S/C16H27N3O4S/c1-3-4-5-14(12-17)19-16(20)13-6-8-15(9-7-13)24(21,22)18-10-11-23-2/h6-9,14,18H,3-5,10-12,17H2,1-2H3,(H,19,20). The lowest BCUT2D eigenvalue weighted by atomic mass is 10.1. The van der Waals surface area contributed by atoms with E-state index in [1.807, 2.05) is 0 Å². The number of sulfonamides is 1. The molecule has 4 N–H and O–H groups in total. The van der Waals surface area contributed by atoms with Gasteiger partial charge in [-0.1, -0.05) is 19.8 Å². The van der Waals surface area contributed by atoms with E-state index in [9.17, 15) is 13.2 Å². The number of unbranched alkanes of at least 4 members (excludes halogenated alkanes) is 1. The van der Waals surface area contributed by atoms with E-state index in [0.717, 1.165) is 19.3 Å². The van der Waals surface area contributed by atoms with Crippen molar-refractivity contribution in [1.29, 1.82) is 0 Å². The zero-order valence-corrected chi connectivity index (χ0v) is 15.1. The third-order valence-electron chi connectivity index (χ3n) is 3.55. The number of methoxy groups -OCH3 is 1. The zero-order chi connectivity index (χ0) is 18.0. The van der Waals surface area contributed by atoms with E-state index in [-0.39, 0.29) is 30.0 Å². The Morgan fingerprint density at radius 2 is 1.96 bits per heavy atom. The maximum atomic E-state index is 12.2. The second kappa shape index (κ2) is 10.4. The highest BCUT2D eigenvalue weighted by Gasteiger charge is 2.16. The molecule has 24 heavy (non-hydrogen) atoms. The number of nitrogens with two attached hydrogens (primary N) is 1. The third-order valence-corrected chi connectivity index (χ3v) is 5.03. The molecule has 1 rings (SSSR count). The zero-order valence-electron chi connectivity index (χ0n) is 14.2. The molecule has 7 nitrogen and oxygen atoms in total. The lowest BCUT2D eigenvalue weighted by Gasteiger charge is -2.16. The number of carbonyl (C=O) groups is 1. The number of carbonyl (C=O) groups excluding carboxylic acids is 1. The van der Waals surface area contributed by atoms with Crippen molar-refractivity contribution in [2.75, 3.05) is 26.8 Å². The Morgan fingerprint density at radius 3 is 2.50 bits per heavy atom. The van der Waals surface area contributed by atoms with Gasteiger partial charge in [0, 0.05) is 31.8 Å². The van der Waals surface area contributed by atoms with Gasteiger partial charge in [-0.05, 0) is 30.7 Å². The number of ether oxygens (including phenoxy) is 1. The summed E-state index contributed by atoms with van der Waals surface area (Å²) >= 11 is 0. The van der Waals surface area contributed by atoms with Crippen LogP contribution in [0.4, 0.5) is 0 Å². The maximum absolute atomic E-state index is 12.2. The molecule has 0 bridgehead atoms. The normalized spacial score (nSPS) is 12.8. The first kappa shape index (κ1) is 20.6. The molecule has 1 amide bonds. The fraction of sp³-hybridized carbons (Fsp3) is 0.562. The first-order valence-electron chi connectivity index (χ1n) is 8.04. The molecule has 0 spiro atoms. The Morgan fingerprint density at radius 1 is 1.29 bits per heavy atom. The van der Waals surface area contributed by atoms with Crippen LogP contribution in [0.3, 0.4) is 0 Å². The summed E-state index contributed by atoms with van der Waals surface area (Å²) in [6.07, 6.45) is 2.86. The predicted octanol–water partition coefficient (Wildman–Crippen LogP) is 0.859. The van der Waals surface area contributed by atoms with Gasteiger partial charge in [0.25, 0.3) is 5.91 Å². The lowest BCUT2D eigenvalue weighted by molar-refractivity contribution is 0.0935. The molecule has 0 aliphatic heterocycles. The average molecular weight is 357 g/mol. The van der Waals surface area contributed by atoms with E-state index in [1.54, 1.807) is 0 Å². The van der Waals surface area contributed by atoms with Crippen LogP contribution < -0.4 is 15.8 Å². The Balaban J connectivity index is 2.70. The van der Waals surface area contributed by atoms with E-state index >= 15 is 0 Å². The molecule has 0 saturated heterocycles. The predicted molar refractivity (Wildman–Crippen MR) is 93.3 cm³/mol. The fourth-order valence-corrected chi connectivity index (χ4v) is 3.13. The molecule has 1 aromatic carbocycles. The van der Waals surface area contributed by atoms with Gasteiger partial charge in [0.15, 0.2) is 0 Å². The molecule has 136 valence electrons. The quantitative estimate of drug-likeness (QED) is 0.509. The Bertz CT molecular complexity index is 602. The fourth-order valence-electron chi connectivity index (χ4n) is 2.12. The Kier molecular flexibility index (Phi) is 8.91. The van der Waals surface area contributed by atoms with Crippen molar-refractivity contribution in [2.45, 2.75) is 37.1 Å². The molecule has 0 aliphatic carbocycles. The minimum Gasteiger partial charge on any atom is -0.383 e. The molecule has 0 heterocycles. The van der Waals surface area contributed by atoms with Crippen molar-refractivity contribution in [3.05, 3.63) is 29.8 Å². The summed E-state index contributed by atoms with van der Waals surface area (Å²) in [6, 6.07) is 5.74. The Hall–Kier alpha value is -1.48. The second-order valence-corrected chi connectivity index (χ2v) is 7.23. The molecular weight excluding hydrogens is 330 g/mol. The van der Waals surface area contributed by atoms with Crippen molar-refractivity contribution in [1.82, 2.24) is 10.0 Å². The van der Waals surface area contributed by atoms with Crippen molar-refractivity contribution in [3.63, 3.8) is 0 Å². The largest absolute Gasteiger partial charge is 0.383 e. The van der Waals surface area contributed by atoms with Gasteiger partial charge in [0.1, 0.15) is 0 Å². The van der Waals surface area contributed by atoms with E-state index in [4.69, 9.17) is 10.5 Å². The van der Waals surface area contributed by atoms with Crippen molar-refractivity contribution < 1.29 is 17.9 Å². The summed E-state index contributed by atoms with van der Waals surface area (Å²) in [6.45, 7) is 2.94. The summed E-state index contributed by atoms with van der Waals surface area (Å²) in [4.78, 5) is 12.3. The lowest BCUT2D eigenvalue weighted by Crippen LogP contribution is -2.40. The Labute approximate surface area is 144 Å². The second-order valence-electron chi connectivity index (χ2n) is 5.46. The minimum absolute atomic E-state index is 0.0726. The molecular formula is C16H27N3O4S. The number of hydrogen-bond donors (Lipinski definition) is 3. The van der Waals surface area contributed by atoms with Gasteiger partial charge >= 0.3 is 0 Å². The minimum atomic E-state index is -3.60. The number of amides is 1. The monoisotopic (exact) mass is 357 g/mol. The van der Waals surface area contributed by atoms with Gasteiger partial charge < -0.3 is 15.8 Å². The van der Waals surface area contributed by atoms with Gasteiger partial charge in [-0.3, -0.25) is 4.79 Å². The molecule has 1 aromatic rings. The number of benzene rings is 1. The smallest absolute Gasteiger partial charge is 0.251 e. The molecule has 8 heteroatoms. The van der Waals surface area contributed by atoms with Gasteiger partial charge in [-0.25, -0.2) is 13.1 Å². The van der Waals surface area contributed by atoms with Crippen LogP contribution in [0.2, 0.25) is 0 Å². The summed E-state index contributed by atoms with van der Waals surface area (Å²) in [5.41, 5.74) is 6.07. The molecule has 0 aromatic heterocycles. The average Bonchev–Trinajstić information content (AvgIpc) is 2.58. The number of hydrogen-bond acceptors (Lipinski definition) is 5. The molecule has 0 saturated carbocycles. The number of nitrogens with one attached hydrogen (secondary N) is 2. The molecule has 1 unspecified atom stereocenters. The molecule has 0 fully saturated rings. The van der Waals surface area contributed by atoms with Crippen LogP contribution >= 0.6 is 0 Å². The summed E-state index contributed by atoms with van der Waals surface area (Å²) in [7, 11) is -2.10.